The SMILES string of the molecule is CNC1CC(=O)N(c2ccc3c(c2)OCCCO3)C1. The summed E-state index contributed by atoms with van der Waals surface area (Å²) in [6, 6.07) is 5.93. The van der Waals surface area contributed by atoms with E-state index in [0.29, 0.717) is 26.2 Å². The number of nitrogens with zero attached hydrogens (tertiary/aromatic N) is 1. The molecule has 0 radical (unpaired) electrons. The summed E-state index contributed by atoms with van der Waals surface area (Å²) in [4.78, 5) is 13.8. The molecule has 0 spiro atoms. The highest BCUT2D eigenvalue weighted by Crippen LogP contribution is 2.34. The molecule has 1 fully saturated rings. The number of carbonyl (C=O) groups excluding carboxylic acids is 1. The Labute approximate surface area is 112 Å². The van der Waals surface area contributed by atoms with Crippen LogP contribution in [0, 0.1) is 0 Å². The summed E-state index contributed by atoms with van der Waals surface area (Å²) in [6.07, 6.45) is 1.43. The van der Waals surface area contributed by atoms with Crippen LogP contribution in [0.1, 0.15) is 12.8 Å². The Hall–Kier alpha value is -1.75. The first-order valence-electron chi connectivity index (χ1n) is 6.65. The zero-order chi connectivity index (χ0) is 13.2. The molecule has 0 aromatic heterocycles. The lowest BCUT2D eigenvalue weighted by Gasteiger charge is -2.18. The van der Waals surface area contributed by atoms with Crippen LogP contribution < -0.4 is 19.7 Å². The van der Waals surface area contributed by atoms with Gasteiger partial charge in [0.15, 0.2) is 11.5 Å². The van der Waals surface area contributed by atoms with Crippen LogP contribution >= 0.6 is 0 Å². The molecule has 2 aliphatic heterocycles. The topological polar surface area (TPSA) is 50.8 Å². The van der Waals surface area contributed by atoms with Gasteiger partial charge in [0.1, 0.15) is 0 Å². The molecule has 19 heavy (non-hydrogen) atoms. The number of hydrogen-bond donors (Lipinski definition) is 1. The first kappa shape index (κ1) is 12.3. The lowest BCUT2D eigenvalue weighted by Crippen LogP contribution is -2.30. The van der Waals surface area contributed by atoms with E-state index in [-0.39, 0.29) is 11.9 Å². The summed E-state index contributed by atoms with van der Waals surface area (Å²) in [6.45, 7) is 2.04. The normalized spacial score (nSPS) is 22.5. The van der Waals surface area contributed by atoms with E-state index in [2.05, 4.69) is 5.32 Å². The van der Waals surface area contributed by atoms with Gasteiger partial charge in [0, 0.05) is 37.2 Å². The molecule has 1 saturated heterocycles. The monoisotopic (exact) mass is 262 g/mol. The summed E-state index contributed by atoms with van der Waals surface area (Å²) in [5, 5.41) is 3.15. The number of likely N-dealkylation sites (N-methyl/N-ethyl adjacent to an activating group) is 1. The molecular formula is C14H18N2O3. The lowest BCUT2D eigenvalue weighted by atomic mass is 10.2. The van der Waals surface area contributed by atoms with Crippen molar-refractivity contribution in [2.75, 3.05) is 31.7 Å². The van der Waals surface area contributed by atoms with Crippen LogP contribution in [-0.4, -0.2) is 38.8 Å². The van der Waals surface area contributed by atoms with Crippen molar-refractivity contribution in [2.45, 2.75) is 18.9 Å². The Morgan fingerprint density at radius 3 is 2.79 bits per heavy atom. The van der Waals surface area contributed by atoms with E-state index >= 15 is 0 Å². The van der Waals surface area contributed by atoms with Crippen LogP contribution in [0.2, 0.25) is 0 Å². The maximum absolute atomic E-state index is 12.0. The van der Waals surface area contributed by atoms with Crippen molar-refractivity contribution in [1.82, 2.24) is 5.32 Å². The predicted octanol–water partition coefficient (Wildman–Crippen LogP) is 1.17. The molecule has 1 amide bonds. The summed E-state index contributed by atoms with van der Waals surface area (Å²) in [7, 11) is 1.88. The number of nitrogens with one attached hydrogen (secondary N) is 1. The average molecular weight is 262 g/mol. The van der Waals surface area contributed by atoms with Gasteiger partial charge in [-0.15, -0.1) is 0 Å². The third-order valence-corrected chi connectivity index (χ3v) is 3.58. The molecule has 5 heteroatoms. The fourth-order valence-corrected chi connectivity index (χ4v) is 2.47. The van der Waals surface area contributed by atoms with Gasteiger partial charge in [-0.3, -0.25) is 4.79 Å². The third kappa shape index (κ3) is 2.38. The van der Waals surface area contributed by atoms with Gasteiger partial charge in [-0.1, -0.05) is 0 Å². The Balaban J connectivity index is 1.86. The van der Waals surface area contributed by atoms with Crippen molar-refractivity contribution >= 4 is 11.6 Å². The van der Waals surface area contributed by atoms with Gasteiger partial charge < -0.3 is 19.7 Å². The molecule has 2 aliphatic rings. The highest BCUT2D eigenvalue weighted by atomic mass is 16.5. The van der Waals surface area contributed by atoms with Crippen LogP contribution in [0.4, 0.5) is 5.69 Å². The van der Waals surface area contributed by atoms with E-state index in [9.17, 15) is 4.79 Å². The predicted molar refractivity (Wildman–Crippen MR) is 71.9 cm³/mol. The second kappa shape index (κ2) is 5.09. The number of hydrogen-bond acceptors (Lipinski definition) is 4. The number of amides is 1. The van der Waals surface area contributed by atoms with Crippen molar-refractivity contribution < 1.29 is 14.3 Å². The van der Waals surface area contributed by atoms with E-state index in [0.717, 1.165) is 23.6 Å². The van der Waals surface area contributed by atoms with E-state index < -0.39 is 0 Å². The van der Waals surface area contributed by atoms with Gasteiger partial charge in [-0.25, -0.2) is 0 Å². The molecule has 3 rings (SSSR count). The number of carbonyl (C=O) groups is 1. The minimum Gasteiger partial charge on any atom is -0.490 e. The van der Waals surface area contributed by atoms with Crippen LogP contribution in [0.3, 0.4) is 0 Å². The molecule has 0 aliphatic carbocycles. The van der Waals surface area contributed by atoms with Crippen LogP contribution in [-0.2, 0) is 4.79 Å². The summed E-state index contributed by atoms with van der Waals surface area (Å²) >= 11 is 0. The lowest BCUT2D eigenvalue weighted by molar-refractivity contribution is -0.117. The number of benzene rings is 1. The summed E-state index contributed by atoms with van der Waals surface area (Å²) in [5.41, 5.74) is 0.881. The van der Waals surface area contributed by atoms with Crippen molar-refractivity contribution in [3.63, 3.8) is 0 Å². The van der Waals surface area contributed by atoms with Gasteiger partial charge in [-0.05, 0) is 19.2 Å². The molecule has 1 N–H and O–H groups in total. The second-order valence-corrected chi connectivity index (χ2v) is 4.88. The minimum absolute atomic E-state index is 0.147. The average Bonchev–Trinajstić information content (AvgIpc) is 2.66. The highest BCUT2D eigenvalue weighted by Gasteiger charge is 2.30. The molecule has 2 heterocycles. The quantitative estimate of drug-likeness (QED) is 0.869. The van der Waals surface area contributed by atoms with Gasteiger partial charge in [0.2, 0.25) is 5.91 Å². The number of fused-ring (bicyclic) bond motifs is 1. The van der Waals surface area contributed by atoms with Crippen LogP contribution in [0.5, 0.6) is 11.5 Å². The molecule has 102 valence electrons. The van der Waals surface area contributed by atoms with E-state index in [1.54, 1.807) is 4.90 Å². The Morgan fingerprint density at radius 1 is 1.26 bits per heavy atom. The highest BCUT2D eigenvalue weighted by molar-refractivity contribution is 5.96. The minimum atomic E-state index is 0.147. The molecule has 5 nitrogen and oxygen atoms in total. The fourth-order valence-electron chi connectivity index (χ4n) is 2.47. The zero-order valence-corrected chi connectivity index (χ0v) is 11.0. The Morgan fingerprint density at radius 2 is 2.05 bits per heavy atom. The van der Waals surface area contributed by atoms with Gasteiger partial charge in [0.25, 0.3) is 0 Å². The third-order valence-electron chi connectivity index (χ3n) is 3.58. The molecule has 1 unspecified atom stereocenters. The van der Waals surface area contributed by atoms with Crippen molar-refractivity contribution in [2.24, 2.45) is 0 Å². The standard InChI is InChI=1S/C14H18N2O3/c1-15-10-7-14(17)16(9-10)11-3-4-12-13(8-11)19-6-2-5-18-12/h3-4,8,10,15H,2,5-7,9H2,1H3. The summed E-state index contributed by atoms with van der Waals surface area (Å²) < 4.78 is 11.3. The maximum Gasteiger partial charge on any atom is 0.228 e. The largest absolute Gasteiger partial charge is 0.490 e. The Bertz CT molecular complexity index is 490. The molecule has 0 saturated carbocycles. The van der Waals surface area contributed by atoms with Gasteiger partial charge in [-0.2, -0.15) is 0 Å². The Kier molecular flexibility index (Phi) is 3.29. The van der Waals surface area contributed by atoms with Crippen molar-refractivity contribution in [3.8, 4) is 11.5 Å². The maximum atomic E-state index is 12.0. The fraction of sp³-hybridized carbons (Fsp3) is 0.500. The van der Waals surface area contributed by atoms with E-state index in [1.165, 1.54) is 0 Å². The molecule has 0 bridgehead atoms. The van der Waals surface area contributed by atoms with Crippen molar-refractivity contribution in [1.29, 1.82) is 0 Å². The molecule has 1 aromatic rings. The second-order valence-electron chi connectivity index (χ2n) is 4.88. The summed E-state index contributed by atoms with van der Waals surface area (Å²) in [5.74, 6) is 1.64. The first-order chi connectivity index (χ1) is 9.28. The number of ether oxygens (including phenoxy) is 2. The number of rotatable bonds is 2. The van der Waals surface area contributed by atoms with Gasteiger partial charge in [0.05, 0.1) is 13.2 Å². The number of anilines is 1. The van der Waals surface area contributed by atoms with Gasteiger partial charge >= 0.3 is 0 Å². The van der Waals surface area contributed by atoms with Crippen LogP contribution in [0.15, 0.2) is 18.2 Å². The molecular weight excluding hydrogens is 244 g/mol. The first-order valence-corrected chi connectivity index (χ1v) is 6.65. The van der Waals surface area contributed by atoms with Crippen molar-refractivity contribution in [3.05, 3.63) is 18.2 Å². The molecule has 1 aromatic carbocycles. The zero-order valence-electron chi connectivity index (χ0n) is 11.0. The molecule has 1 atom stereocenters. The van der Waals surface area contributed by atoms with E-state index in [1.807, 2.05) is 25.2 Å². The smallest absolute Gasteiger partial charge is 0.228 e. The van der Waals surface area contributed by atoms with Crippen LogP contribution in [0.25, 0.3) is 0 Å². The van der Waals surface area contributed by atoms with E-state index in [4.69, 9.17) is 9.47 Å².